The van der Waals surface area contributed by atoms with Gasteiger partial charge in [-0.1, -0.05) is 20.8 Å². The monoisotopic (exact) mass is 253 g/mol. The lowest BCUT2D eigenvalue weighted by molar-refractivity contribution is 0.254. The van der Waals surface area contributed by atoms with Crippen molar-refractivity contribution in [1.29, 1.82) is 0 Å². The van der Waals surface area contributed by atoms with Gasteiger partial charge in [0.1, 0.15) is 0 Å². The minimum Gasteiger partial charge on any atom is -0.341 e. The van der Waals surface area contributed by atoms with Gasteiger partial charge in [-0.15, -0.1) is 11.3 Å². The largest absolute Gasteiger partial charge is 0.341 e. The van der Waals surface area contributed by atoms with E-state index in [1.165, 1.54) is 11.3 Å². The van der Waals surface area contributed by atoms with Crippen LogP contribution >= 0.6 is 11.3 Å². The third-order valence-corrected chi connectivity index (χ3v) is 4.37. The molecule has 0 aliphatic heterocycles. The molecule has 0 saturated carbocycles. The molecule has 0 saturated heterocycles. The predicted octanol–water partition coefficient (Wildman–Crippen LogP) is 2.97. The summed E-state index contributed by atoms with van der Waals surface area (Å²) in [6.07, 6.45) is 2.18. The summed E-state index contributed by atoms with van der Waals surface area (Å²) in [5.74, 6) is 0.534. The summed E-state index contributed by atoms with van der Waals surface area (Å²) in [5.41, 5.74) is 1.47. The molecule has 1 aliphatic rings. The highest BCUT2D eigenvalue weighted by atomic mass is 32.1. The predicted molar refractivity (Wildman–Crippen MR) is 70.7 cm³/mol. The molecule has 0 bridgehead atoms. The number of anilines is 1. The average Bonchev–Trinajstić information content (AvgIpc) is 2.58. The maximum Gasteiger partial charge on any atom is 0.320 e. The number of thiazole rings is 1. The van der Waals surface area contributed by atoms with Crippen molar-refractivity contribution < 1.29 is 4.79 Å². The van der Waals surface area contributed by atoms with Crippen LogP contribution in [0, 0.1) is 5.41 Å². The Hall–Kier alpha value is -1.10. The maximum atomic E-state index is 11.2. The van der Waals surface area contributed by atoms with Crippen LogP contribution in [0.3, 0.4) is 0 Å². The van der Waals surface area contributed by atoms with Crippen LogP contribution in [0.15, 0.2) is 0 Å². The van der Waals surface area contributed by atoms with Gasteiger partial charge in [0.25, 0.3) is 0 Å². The average molecular weight is 253 g/mol. The highest BCUT2D eigenvalue weighted by molar-refractivity contribution is 7.16. The molecule has 2 rings (SSSR count). The van der Waals surface area contributed by atoms with E-state index in [2.05, 4.69) is 36.4 Å². The summed E-state index contributed by atoms with van der Waals surface area (Å²) in [4.78, 5) is 17.1. The number of nitrogens with zero attached hydrogens (tertiary/aromatic N) is 1. The van der Waals surface area contributed by atoms with Crippen LogP contribution in [0.4, 0.5) is 9.93 Å². The van der Waals surface area contributed by atoms with Crippen LogP contribution in [-0.4, -0.2) is 18.1 Å². The van der Waals surface area contributed by atoms with E-state index in [0.29, 0.717) is 16.5 Å². The Morgan fingerprint density at radius 1 is 1.53 bits per heavy atom. The lowest BCUT2D eigenvalue weighted by Gasteiger charge is -2.32. The molecule has 1 heterocycles. The Labute approximate surface area is 106 Å². The molecule has 1 aromatic heterocycles. The third-order valence-electron chi connectivity index (χ3n) is 3.13. The molecule has 4 nitrogen and oxygen atoms in total. The lowest BCUT2D eigenvalue weighted by atomic mass is 9.74. The topological polar surface area (TPSA) is 54.0 Å². The lowest BCUT2D eigenvalue weighted by Crippen LogP contribution is -2.24. The summed E-state index contributed by atoms with van der Waals surface area (Å²) < 4.78 is 0. The van der Waals surface area contributed by atoms with Crippen molar-refractivity contribution in [3.8, 4) is 0 Å². The normalized spacial score (nSPS) is 21.8. The van der Waals surface area contributed by atoms with Crippen LogP contribution < -0.4 is 10.6 Å². The molecule has 2 amide bonds. The van der Waals surface area contributed by atoms with E-state index in [1.807, 2.05) is 0 Å². The molecule has 94 valence electrons. The minimum absolute atomic E-state index is 0.206. The Morgan fingerprint density at radius 2 is 2.24 bits per heavy atom. The molecule has 0 spiro atoms. The number of hydrogen-bond acceptors (Lipinski definition) is 3. The first-order valence-electron chi connectivity index (χ1n) is 5.89. The third kappa shape index (κ3) is 2.60. The Balaban J connectivity index is 2.24. The van der Waals surface area contributed by atoms with Crippen LogP contribution in [0.5, 0.6) is 0 Å². The smallest absolute Gasteiger partial charge is 0.320 e. The van der Waals surface area contributed by atoms with Gasteiger partial charge in [0.15, 0.2) is 5.13 Å². The summed E-state index contributed by atoms with van der Waals surface area (Å²) >= 11 is 1.60. The number of urea groups is 1. The van der Waals surface area contributed by atoms with Gasteiger partial charge in [-0.05, 0) is 24.2 Å². The first kappa shape index (κ1) is 12.4. The van der Waals surface area contributed by atoms with Gasteiger partial charge in [-0.2, -0.15) is 0 Å². The molecule has 1 aromatic rings. The first-order valence-corrected chi connectivity index (χ1v) is 6.71. The molecular formula is C12H19N3OS. The fraction of sp³-hybridized carbons (Fsp3) is 0.667. The number of fused-ring (bicyclic) bond motifs is 1. The second-order valence-electron chi connectivity index (χ2n) is 5.48. The number of rotatable bonds is 1. The molecule has 0 fully saturated rings. The van der Waals surface area contributed by atoms with Crippen molar-refractivity contribution >= 4 is 22.5 Å². The van der Waals surface area contributed by atoms with Gasteiger partial charge in [0.05, 0.1) is 5.69 Å². The van der Waals surface area contributed by atoms with Gasteiger partial charge < -0.3 is 5.32 Å². The van der Waals surface area contributed by atoms with E-state index in [4.69, 9.17) is 0 Å². The van der Waals surface area contributed by atoms with Crippen molar-refractivity contribution in [3.05, 3.63) is 10.6 Å². The van der Waals surface area contributed by atoms with Crippen LogP contribution in [0.1, 0.15) is 43.7 Å². The molecular weight excluding hydrogens is 234 g/mol. The number of carbonyl (C=O) groups is 1. The van der Waals surface area contributed by atoms with Crippen molar-refractivity contribution in [3.63, 3.8) is 0 Å². The van der Waals surface area contributed by atoms with E-state index in [1.54, 1.807) is 18.4 Å². The Kier molecular flexibility index (Phi) is 3.12. The molecule has 0 aromatic carbocycles. The second-order valence-corrected chi connectivity index (χ2v) is 6.51. The molecule has 17 heavy (non-hydrogen) atoms. The van der Waals surface area contributed by atoms with E-state index >= 15 is 0 Å². The second kappa shape index (κ2) is 4.29. The van der Waals surface area contributed by atoms with E-state index in [0.717, 1.165) is 12.1 Å². The fourth-order valence-electron chi connectivity index (χ4n) is 2.54. The van der Waals surface area contributed by atoms with Crippen molar-refractivity contribution in [2.75, 3.05) is 12.4 Å². The van der Waals surface area contributed by atoms with Gasteiger partial charge in [-0.25, -0.2) is 9.78 Å². The molecule has 1 aliphatic carbocycles. The zero-order chi connectivity index (χ0) is 12.6. The SMILES string of the molecule is CNC(=O)Nc1nc2c(s1)C(C)CC(C)(C)C2. The van der Waals surface area contributed by atoms with Crippen molar-refractivity contribution in [2.45, 2.75) is 39.5 Å². The number of aromatic nitrogens is 1. The van der Waals surface area contributed by atoms with E-state index < -0.39 is 0 Å². The molecule has 1 atom stereocenters. The number of carbonyl (C=O) groups excluding carboxylic acids is 1. The van der Waals surface area contributed by atoms with Gasteiger partial charge in [0, 0.05) is 11.9 Å². The fourth-order valence-corrected chi connectivity index (χ4v) is 3.56. The molecule has 2 N–H and O–H groups in total. The number of nitrogens with one attached hydrogen (secondary N) is 2. The Morgan fingerprint density at radius 3 is 2.88 bits per heavy atom. The highest BCUT2D eigenvalue weighted by Crippen LogP contribution is 2.44. The number of hydrogen-bond donors (Lipinski definition) is 2. The summed E-state index contributed by atoms with van der Waals surface area (Å²) in [5, 5.41) is 6.00. The zero-order valence-electron chi connectivity index (χ0n) is 10.8. The Bertz CT molecular complexity index is 439. The van der Waals surface area contributed by atoms with Crippen molar-refractivity contribution in [1.82, 2.24) is 10.3 Å². The number of amides is 2. The first-order chi connectivity index (χ1) is 7.91. The summed E-state index contributed by atoms with van der Waals surface area (Å²) in [6, 6.07) is -0.206. The van der Waals surface area contributed by atoms with E-state index in [-0.39, 0.29) is 6.03 Å². The molecule has 0 radical (unpaired) electrons. The van der Waals surface area contributed by atoms with Crippen LogP contribution in [-0.2, 0) is 6.42 Å². The highest BCUT2D eigenvalue weighted by Gasteiger charge is 2.32. The summed E-state index contributed by atoms with van der Waals surface area (Å²) in [7, 11) is 1.61. The van der Waals surface area contributed by atoms with Gasteiger partial charge >= 0.3 is 6.03 Å². The quantitative estimate of drug-likeness (QED) is 0.808. The zero-order valence-corrected chi connectivity index (χ0v) is 11.6. The van der Waals surface area contributed by atoms with Gasteiger partial charge in [-0.3, -0.25) is 5.32 Å². The standard InChI is InChI=1S/C12H19N3OS/c1-7-5-12(2,3)6-8-9(7)17-11(14-8)15-10(16)13-4/h7H,5-6H2,1-4H3,(H2,13,14,15,16). The van der Waals surface area contributed by atoms with Crippen LogP contribution in [0.25, 0.3) is 0 Å². The molecule has 1 unspecified atom stereocenters. The molecule has 5 heteroatoms. The summed E-state index contributed by atoms with van der Waals surface area (Å²) in [6.45, 7) is 6.79. The minimum atomic E-state index is -0.206. The van der Waals surface area contributed by atoms with Crippen molar-refractivity contribution in [2.24, 2.45) is 5.41 Å². The van der Waals surface area contributed by atoms with Gasteiger partial charge in [0.2, 0.25) is 0 Å². The van der Waals surface area contributed by atoms with Crippen LogP contribution in [0.2, 0.25) is 0 Å². The maximum absolute atomic E-state index is 11.2. The van der Waals surface area contributed by atoms with E-state index in [9.17, 15) is 4.79 Å².